The molecule has 0 bridgehead atoms. The normalized spacial score (nSPS) is 16.0. The Labute approximate surface area is 204 Å². The van der Waals surface area contributed by atoms with Gasteiger partial charge in [-0.1, -0.05) is 0 Å². The molecule has 4 rings (SSSR count). The third-order valence-corrected chi connectivity index (χ3v) is 5.83. The number of anilines is 1. The molecular formula is C24H31N7O2S. The molecule has 0 spiro atoms. The number of ether oxygens (including phenoxy) is 2. The molecule has 0 radical (unpaired) electrons. The molecule has 34 heavy (non-hydrogen) atoms. The number of nitrogens with zero attached hydrogens (tertiary/aromatic N) is 3. The summed E-state index contributed by atoms with van der Waals surface area (Å²) in [6.07, 6.45) is 5.07. The van der Waals surface area contributed by atoms with Crippen molar-refractivity contribution in [2.75, 3.05) is 32.1 Å². The van der Waals surface area contributed by atoms with Crippen molar-refractivity contribution in [2.24, 2.45) is 4.99 Å². The maximum Gasteiger partial charge on any atom is 0.229 e. The van der Waals surface area contributed by atoms with Gasteiger partial charge in [-0.25, -0.2) is 9.97 Å². The summed E-state index contributed by atoms with van der Waals surface area (Å²) >= 11 is 5.50. The van der Waals surface area contributed by atoms with Crippen molar-refractivity contribution in [1.29, 1.82) is 0 Å². The van der Waals surface area contributed by atoms with Crippen molar-refractivity contribution in [2.45, 2.75) is 39.2 Å². The van der Waals surface area contributed by atoms with Crippen LogP contribution in [0.1, 0.15) is 29.8 Å². The predicted octanol–water partition coefficient (Wildman–Crippen LogP) is 3.24. The molecule has 1 atom stereocenters. The summed E-state index contributed by atoms with van der Waals surface area (Å²) in [5, 5.41) is 11.2. The van der Waals surface area contributed by atoms with Gasteiger partial charge in [0.05, 0.1) is 13.2 Å². The second kappa shape index (κ2) is 11.3. The summed E-state index contributed by atoms with van der Waals surface area (Å²) in [5.74, 6) is 1.80. The van der Waals surface area contributed by atoms with E-state index in [1.165, 1.54) is 5.56 Å². The number of methoxy groups -OCH3 is 1. The molecule has 1 unspecified atom stereocenters. The van der Waals surface area contributed by atoms with E-state index in [1.807, 2.05) is 44.3 Å². The lowest BCUT2D eigenvalue weighted by atomic mass is 10.1. The van der Waals surface area contributed by atoms with Gasteiger partial charge in [0.25, 0.3) is 0 Å². The fraction of sp³-hybridized carbons (Fsp3) is 0.417. The minimum Gasteiger partial charge on any atom is -0.497 e. The summed E-state index contributed by atoms with van der Waals surface area (Å²) in [6.45, 7) is 5.88. The smallest absolute Gasteiger partial charge is 0.229 e. The zero-order valence-corrected chi connectivity index (χ0v) is 20.6. The van der Waals surface area contributed by atoms with Crippen molar-refractivity contribution < 1.29 is 9.47 Å². The molecule has 1 fully saturated rings. The molecule has 0 aliphatic carbocycles. The zero-order chi connectivity index (χ0) is 23.9. The molecule has 1 aromatic carbocycles. The summed E-state index contributed by atoms with van der Waals surface area (Å²) in [4.78, 5) is 17.0. The summed E-state index contributed by atoms with van der Waals surface area (Å²) < 4.78 is 11.0. The van der Waals surface area contributed by atoms with E-state index < -0.39 is 0 Å². The van der Waals surface area contributed by atoms with Crippen molar-refractivity contribution in [3.05, 3.63) is 47.4 Å². The van der Waals surface area contributed by atoms with E-state index >= 15 is 0 Å². The number of nitrogens with one attached hydrogen (secondary N) is 4. The van der Waals surface area contributed by atoms with E-state index in [2.05, 4.69) is 30.9 Å². The quantitative estimate of drug-likeness (QED) is 0.231. The molecule has 0 saturated carbocycles. The minimum absolute atomic E-state index is 0.190. The fourth-order valence-electron chi connectivity index (χ4n) is 3.94. The fourth-order valence-corrected chi connectivity index (χ4v) is 4.12. The van der Waals surface area contributed by atoms with E-state index in [-0.39, 0.29) is 6.10 Å². The zero-order valence-electron chi connectivity index (χ0n) is 19.8. The van der Waals surface area contributed by atoms with Gasteiger partial charge in [-0.3, -0.25) is 10.3 Å². The lowest BCUT2D eigenvalue weighted by Crippen LogP contribution is -2.45. The van der Waals surface area contributed by atoms with E-state index in [0.717, 1.165) is 53.9 Å². The minimum atomic E-state index is 0.190. The Kier molecular flexibility index (Phi) is 7.91. The van der Waals surface area contributed by atoms with Crippen molar-refractivity contribution in [1.82, 2.24) is 25.6 Å². The average molecular weight is 482 g/mol. The highest BCUT2D eigenvalue weighted by molar-refractivity contribution is 7.80. The molecule has 1 aliphatic rings. The van der Waals surface area contributed by atoms with Gasteiger partial charge in [0.15, 0.2) is 5.11 Å². The summed E-state index contributed by atoms with van der Waals surface area (Å²) in [5.41, 5.74) is 3.99. The number of aromatic nitrogens is 3. The van der Waals surface area contributed by atoms with Gasteiger partial charge >= 0.3 is 0 Å². The Morgan fingerprint density at radius 1 is 1.26 bits per heavy atom. The van der Waals surface area contributed by atoms with Crippen molar-refractivity contribution in [3.8, 4) is 5.75 Å². The summed E-state index contributed by atoms with van der Waals surface area (Å²) in [6, 6.07) is 7.93. The SMILES string of the molecule is COc1ccc2[nH]cc(CCN=C(NC(=S)NCC3CCCO3)Nc3nc(C)cc(C)n3)c2c1. The topological polar surface area (TPSA) is 108 Å². The predicted molar refractivity (Wildman–Crippen MR) is 139 cm³/mol. The van der Waals surface area contributed by atoms with Crippen LogP contribution in [0.5, 0.6) is 5.75 Å². The first-order valence-corrected chi connectivity index (χ1v) is 11.8. The number of H-pyrrole nitrogens is 1. The lowest BCUT2D eigenvalue weighted by molar-refractivity contribution is 0.114. The third kappa shape index (κ3) is 6.42. The van der Waals surface area contributed by atoms with Gasteiger partial charge < -0.3 is 25.1 Å². The highest BCUT2D eigenvalue weighted by atomic mass is 32.1. The van der Waals surface area contributed by atoms with Crippen LogP contribution in [0, 0.1) is 13.8 Å². The van der Waals surface area contributed by atoms with Gasteiger partial charge in [0.1, 0.15) is 5.75 Å². The molecule has 10 heteroatoms. The maximum atomic E-state index is 5.66. The van der Waals surface area contributed by atoms with E-state index in [9.17, 15) is 0 Å². The third-order valence-electron chi connectivity index (χ3n) is 5.58. The molecule has 3 heterocycles. The van der Waals surface area contributed by atoms with Crippen LogP contribution in [-0.2, 0) is 11.2 Å². The molecule has 180 valence electrons. The van der Waals surface area contributed by atoms with Crippen LogP contribution in [0.3, 0.4) is 0 Å². The van der Waals surface area contributed by atoms with Gasteiger partial charge in [-0.2, -0.15) is 0 Å². The Balaban J connectivity index is 1.45. The Bertz CT molecular complexity index is 1150. The van der Waals surface area contributed by atoms with E-state index in [1.54, 1.807) is 7.11 Å². The largest absolute Gasteiger partial charge is 0.497 e. The summed E-state index contributed by atoms with van der Waals surface area (Å²) in [7, 11) is 1.67. The lowest BCUT2D eigenvalue weighted by Gasteiger charge is -2.16. The Morgan fingerprint density at radius 3 is 2.82 bits per heavy atom. The number of rotatable bonds is 7. The van der Waals surface area contributed by atoms with Crippen LogP contribution in [0.2, 0.25) is 0 Å². The van der Waals surface area contributed by atoms with Gasteiger partial charge in [-0.15, -0.1) is 0 Å². The van der Waals surface area contributed by atoms with Gasteiger partial charge in [0, 0.05) is 48.2 Å². The number of hydrogen-bond acceptors (Lipinski definition) is 6. The van der Waals surface area contributed by atoms with E-state index in [4.69, 9.17) is 26.7 Å². The molecular weight excluding hydrogens is 450 g/mol. The van der Waals surface area contributed by atoms with Crippen LogP contribution < -0.4 is 20.7 Å². The maximum absolute atomic E-state index is 5.66. The van der Waals surface area contributed by atoms with E-state index in [0.29, 0.717) is 30.1 Å². The van der Waals surface area contributed by atoms with Crippen LogP contribution in [0.4, 0.5) is 5.95 Å². The van der Waals surface area contributed by atoms with Crippen LogP contribution in [0.15, 0.2) is 35.5 Å². The number of guanidine groups is 1. The number of benzene rings is 1. The van der Waals surface area contributed by atoms with Crippen molar-refractivity contribution in [3.63, 3.8) is 0 Å². The number of fused-ring (bicyclic) bond motifs is 1. The Morgan fingerprint density at radius 2 is 2.09 bits per heavy atom. The highest BCUT2D eigenvalue weighted by Gasteiger charge is 2.16. The van der Waals surface area contributed by atoms with Gasteiger partial charge in [-0.05, 0) is 75.2 Å². The average Bonchev–Trinajstić information content (AvgIpc) is 3.46. The molecule has 1 saturated heterocycles. The first-order valence-electron chi connectivity index (χ1n) is 11.4. The first-order chi connectivity index (χ1) is 16.5. The van der Waals surface area contributed by atoms with Crippen LogP contribution >= 0.6 is 12.2 Å². The molecule has 3 aromatic rings. The number of hydrogen-bond donors (Lipinski definition) is 4. The number of thiocarbonyl (C=S) groups is 1. The van der Waals surface area contributed by atoms with Crippen LogP contribution in [-0.4, -0.2) is 58.9 Å². The van der Waals surface area contributed by atoms with Crippen molar-refractivity contribution >= 4 is 40.1 Å². The monoisotopic (exact) mass is 481 g/mol. The van der Waals surface area contributed by atoms with Gasteiger partial charge in [0.2, 0.25) is 11.9 Å². The number of aromatic amines is 1. The first kappa shape index (κ1) is 23.9. The number of aryl methyl sites for hydroxylation is 2. The number of aliphatic imine (C=N–C) groups is 1. The second-order valence-corrected chi connectivity index (χ2v) is 8.68. The molecule has 9 nitrogen and oxygen atoms in total. The Hall–Kier alpha value is -3.24. The highest BCUT2D eigenvalue weighted by Crippen LogP contribution is 2.24. The molecule has 2 aromatic heterocycles. The molecule has 1 aliphatic heterocycles. The van der Waals surface area contributed by atoms with Crippen LogP contribution in [0.25, 0.3) is 10.9 Å². The standard InChI is InChI=1S/C24H31N7O2S/c1-15-11-16(2)29-23(28-15)30-22(31-24(34)27-14-19-5-4-10-33-19)25-9-8-17-13-26-21-7-6-18(32-3)12-20(17)21/h6-7,11-13,19,26H,4-5,8-10,14H2,1-3H3,(H3,25,27,28,29,30,31,34). The molecule has 4 N–H and O–H groups in total. The second-order valence-electron chi connectivity index (χ2n) is 8.28. The molecule has 0 amide bonds.